The van der Waals surface area contributed by atoms with E-state index in [0.29, 0.717) is 33.0 Å². The summed E-state index contributed by atoms with van der Waals surface area (Å²) in [6.07, 6.45) is 0. The number of carbonyl (C=O) groups excluding carboxylic acids is 4. The minimum Gasteiger partial charge on any atom is -0.396 e. The quantitative estimate of drug-likeness (QED) is 0.172. The molecule has 212 valence electrons. The molecule has 0 bridgehead atoms. The van der Waals surface area contributed by atoms with Crippen LogP contribution in [0, 0.1) is 10.8 Å². The van der Waals surface area contributed by atoms with E-state index in [1.807, 2.05) is 24.3 Å². The number of hydrogen-bond donors (Lipinski definition) is 2. The zero-order valence-electron chi connectivity index (χ0n) is 23.9. The molecule has 7 rings (SSSR count). The van der Waals surface area contributed by atoms with E-state index in [4.69, 9.17) is 0 Å². The van der Waals surface area contributed by atoms with Crippen molar-refractivity contribution in [3.8, 4) is 0 Å². The molecule has 0 atom stereocenters. The van der Waals surface area contributed by atoms with E-state index in [0.717, 1.165) is 32.3 Å². The van der Waals surface area contributed by atoms with E-state index in [1.165, 1.54) is 9.80 Å². The van der Waals surface area contributed by atoms with Crippen LogP contribution in [-0.4, -0.2) is 69.9 Å². The van der Waals surface area contributed by atoms with Gasteiger partial charge in [-0.05, 0) is 56.6 Å². The van der Waals surface area contributed by atoms with Gasteiger partial charge >= 0.3 is 0 Å². The molecule has 5 aromatic carbocycles. The van der Waals surface area contributed by atoms with Crippen LogP contribution in [0.4, 0.5) is 0 Å². The van der Waals surface area contributed by atoms with Gasteiger partial charge in [0.25, 0.3) is 23.6 Å². The molecular formula is C34H30N2O6. The van der Waals surface area contributed by atoms with Gasteiger partial charge in [-0.2, -0.15) is 0 Å². The summed E-state index contributed by atoms with van der Waals surface area (Å²) in [5.74, 6) is -1.57. The Labute approximate surface area is 241 Å². The summed E-state index contributed by atoms with van der Waals surface area (Å²) < 4.78 is 0. The van der Waals surface area contributed by atoms with Gasteiger partial charge in [0.05, 0.1) is 0 Å². The number of aliphatic hydroxyl groups is 2. The molecule has 2 heterocycles. The molecule has 8 nitrogen and oxygen atoms in total. The number of fused-ring (bicyclic) bond motifs is 2. The molecular weight excluding hydrogens is 532 g/mol. The van der Waals surface area contributed by atoms with Gasteiger partial charge in [0, 0.05) is 70.2 Å². The first-order valence-electron chi connectivity index (χ1n) is 14.0. The van der Waals surface area contributed by atoms with Crippen LogP contribution in [0.5, 0.6) is 0 Å². The second-order valence-electron chi connectivity index (χ2n) is 13.2. The maximum atomic E-state index is 13.7. The second-order valence-corrected chi connectivity index (χ2v) is 13.2. The Balaban J connectivity index is 1.49. The number of rotatable bonds is 6. The summed E-state index contributed by atoms with van der Waals surface area (Å²) >= 11 is 0. The molecule has 0 radical (unpaired) electrons. The summed E-state index contributed by atoms with van der Waals surface area (Å²) in [5, 5.41) is 25.7. The van der Waals surface area contributed by atoms with E-state index < -0.39 is 34.5 Å². The molecule has 2 aliphatic rings. The average molecular weight is 563 g/mol. The highest BCUT2D eigenvalue weighted by atomic mass is 16.3. The van der Waals surface area contributed by atoms with Crippen LogP contribution in [-0.2, 0) is 0 Å². The number of imide groups is 2. The van der Waals surface area contributed by atoms with Gasteiger partial charge in [-0.3, -0.25) is 29.0 Å². The molecule has 0 aliphatic carbocycles. The van der Waals surface area contributed by atoms with Gasteiger partial charge in [0.2, 0.25) is 0 Å². The van der Waals surface area contributed by atoms with Gasteiger partial charge < -0.3 is 10.2 Å². The zero-order valence-corrected chi connectivity index (χ0v) is 23.9. The standard InChI is InChI=1S/C34H30N2O6/c1-33(2,15-37)13-35-29(39)21-9-5-17-19-7-11-23-28-24(32(42)36(31(23)41)14-34(3,4)16-38)12-8-20(26(19)28)18-6-10-22(30(35)40)27(21)25(17)18/h5-12,37-38H,13-16H2,1-4H3. The number of amides is 4. The summed E-state index contributed by atoms with van der Waals surface area (Å²) in [6, 6.07) is 14.5. The molecule has 2 aliphatic heterocycles. The highest BCUT2D eigenvalue weighted by molar-refractivity contribution is 6.41. The van der Waals surface area contributed by atoms with Crippen molar-refractivity contribution in [2.24, 2.45) is 10.8 Å². The zero-order chi connectivity index (χ0) is 29.9. The van der Waals surface area contributed by atoms with Crippen LogP contribution in [0.2, 0.25) is 0 Å². The summed E-state index contributed by atoms with van der Waals surface area (Å²) in [7, 11) is 0. The SMILES string of the molecule is CC(C)(CO)CN1C(=O)c2ccc3c4ccc5c6c(ccc(c7ccc(c2c37)C1=O)c64)C(=O)N(CC(C)(C)CO)C5=O. The lowest BCUT2D eigenvalue weighted by molar-refractivity contribution is 0.0473. The molecule has 0 aromatic heterocycles. The highest BCUT2D eigenvalue weighted by Crippen LogP contribution is 2.46. The largest absolute Gasteiger partial charge is 0.396 e. The van der Waals surface area contributed by atoms with Crippen LogP contribution in [0.3, 0.4) is 0 Å². The number of nitrogens with zero attached hydrogens (tertiary/aromatic N) is 2. The molecule has 0 saturated carbocycles. The fraction of sp³-hybridized carbons (Fsp3) is 0.294. The fourth-order valence-corrected chi connectivity index (χ4v) is 6.61. The number of carbonyl (C=O) groups is 4. The van der Waals surface area contributed by atoms with E-state index in [-0.39, 0.29) is 26.3 Å². The molecule has 42 heavy (non-hydrogen) atoms. The number of hydrogen-bond acceptors (Lipinski definition) is 6. The normalized spacial score (nSPS) is 15.9. The van der Waals surface area contributed by atoms with Gasteiger partial charge in [-0.1, -0.05) is 52.0 Å². The van der Waals surface area contributed by atoms with Crippen LogP contribution >= 0.6 is 0 Å². The minimum atomic E-state index is -0.652. The van der Waals surface area contributed by atoms with Gasteiger partial charge in [0.15, 0.2) is 0 Å². The van der Waals surface area contributed by atoms with E-state index in [9.17, 15) is 29.4 Å². The van der Waals surface area contributed by atoms with Gasteiger partial charge in [-0.25, -0.2) is 0 Å². The Morgan fingerprint density at radius 1 is 0.476 bits per heavy atom. The van der Waals surface area contributed by atoms with Crippen molar-refractivity contribution in [2.75, 3.05) is 26.3 Å². The maximum Gasteiger partial charge on any atom is 0.261 e. The van der Waals surface area contributed by atoms with Crippen molar-refractivity contribution in [3.63, 3.8) is 0 Å². The highest BCUT2D eigenvalue weighted by Gasteiger charge is 2.39. The Kier molecular flexibility index (Phi) is 5.40. The summed E-state index contributed by atoms with van der Waals surface area (Å²) in [6.45, 7) is 7.07. The van der Waals surface area contributed by atoms with E-state index in [2.05, 4.69) is 0 Å². The average Bonchev–Trinajstić information content (AvgIpc) is 2.98. The van der Waals surface area contributed by atoms with Crippen molar-refractivity contribution in [3.05, 3.63) is 70.8 Å². The maximum absolute atomic E-state index is 13.7. The molecule has 0 fully saturated rings. The summed E-state index contributed by atoms with van der Waals surface area (Å²) in [4.78, 5) is 57.1. The Bertz CT molecular complexity index is 1790. The Hall–Kier alpha value is -4.40. The van der Waals surface area contributed by atoms with Crippen LogP contribution in [0.1, 0.15) is 69.1 Å². The number of benzene rings is 5. The number of aliphatic hydroxyl groups excluding tert-OH is 2. The fourth-order valence-electron chi connectivity index (χ4n) is 6.61. The summed E-state index contributed by atoms with van der Waals surface area (Å²) in [5.41, 5.74) is 0.420. The lowest BCUT2D eigenvalue weighted by atomic mass is 9.81. The molecule has 5 aromatic rings. The van der Waals surface area contributed by atoms with Crippen molar-refractivity contribution in [1.82, 2.24) is 9.80 Å². The molecule has 0 spiro atoms. The smallest absolute Gasteiger partial charge is 0.261 e. The van der Waals surface area contributed by atoms with Crippen LogP contribution in [0.15, 0.2) is 48.5 Å². The van der Waals surface area contributed by atoms with Gasteiger partial charge in [0.1, 0.15) is 0 Å². The van der Waals surface area contributed by atoms with Gasteiger partial charge in [-0.15, -0.1) is 0 Å². The first-order valence-corrected chi connectivity index (χ1v) is 14.0. The first-order chi connectivity index (χ1) is 19.9. The Morgan fingerprint density at radius 2 is 0.738 bits per heavy atom. The Morgan fingerprint density at radius 3 is 0.976 bits per heavy atom. The predicted molar refractivity (Wildman–Crippen MR) is 160 cm³/mol. The molecule has 8 heteroatoms. The predicted octanol–water partition coefficient (Wildman–Crippen LogP) is 4.97. The van der Waals surface area contributed by atoms with Crippen molar-refractivity contribution in [2.45, 2.75) is 27.7 Å². The van der Waals surface area contributed by atoms with E-state index >= 15 is 0 Å². The second kappa shape index (κ2) is 8.56. The molecule has 4 amide bonds. The van der Waals surface area contributed by atoms with Crippen molar-refractivity contribution >= 4 is 66.7 Å². The minimum absolute atomic E-state index is 0.0911. The van der Waals surface area contributed by atoms with Crippen LogP contribution in [0.25, 0.3) is 43.1 Å². The monoisotopic (exact) mass is 562 g/mol. The molecule has 0 saturated heterocycles. The topological polar surface area (TPSA) is 115 Å². The molecule has 0 unspecified atom stereocenters. The van der Waals surface area contributed by atoms with Crippen molar-refractivity contribution < 1.29 is 29.4 Å². The first kappa shape index (κ1) is 26.5. The van der Waals surface area contributed by atoms with Crippen LogP contribution < -0.4 is 0 Å². The lowest BCUT2D eigenvalue weighted by Gasteiger charge is -2.34. The third-order valence-electron chi connectivity index (χ3n) is 8.83. The van der Waals surface area contributed by atoms with Crippen molar-refractivity contribution in [1.29, 1.82) is 0 Å². The van der Waals surface area contributed by atoms with E-state index in [1.54, 1.807) is 52.0 Å². The lowest BCUT2D eigenvalue weighted by Crippen LogP contribution is -2.46. The third-order valence-corrected chi connectivity index (χ3v) is 8.83. The molecule has 2 N–H and O–H groups in total. The third kappa shape index (κ3) is 3.42.